The van der Waals surface area contributed by atoms with E-state index >= 15 is 0 Å². The Morgan fingerprint density at radius 3 is 2.35 bits per heavy atom. The van der Waals surface area contributed by atoms with Gasteiger partial charge in [0.25, 0.3) is 17.1 Å². The van der Waals surface area contributed by atoms with Crippen molar-refractivity contribution in [2.45, 2.75) is 45.1 Å². The first-order chi connectivity index (χ1) is 16.2. The highest BCUT2D eigenvalue weighted by molar-refractivity contribution is 8.18. The molecular weight excluding hydrogens is 463 g/mol. The lowest BCUT2D eigenvalue weighted by Crippen LogP contribution is -2.48. The molecule has 0 bridgehead atoms. The summed E-state index contributed by atoms with van der Waals surface area (Å²) >= 11 is 0.762. The largest absolute Gasteiger partial charge is 0.353 e. The summed E-state index contributed by atoms with van der Waals surface area (Å²) in [6.07, 6.45) is 3.90. The van der Waals surface area contributed by atoms with Gasteiger partial charge >= 0.3 is 6.03 Å². The monoisotopic (exact) mass is 490 g/mol. The Bertz CT molecular complexity index is 1020. The number of amides is 6. The Kier molecular flexibility index (Phi) is 8.08. The smallest absolute Gasteiger partial charge is 0.325 e. The summed E-state index contributed by atoms with van der Waals surface area (Å²) in [5, 5.41) is 4.82. The van der Waals surface area contributed by atoms with Gasteiger partial charge in [-0.2, -0.15) is 0 Å². The van der Waals surface area contributed by atoms with Crippen LogP contribution in [0, 0.1) is 5.82 Å². The van der Waals surface area contributed by atoms with Crippen molar-refractivity contribution in [1.29, 1.82) is 0 Å². The van der Waals surface area contributed by atoms with Gasteiger partial charge in [0.05, 0.1) is 4.91 Å². The lowest BCUT2D eigenvalue weighted by molar-refractivity contribution is -0.135. The van der Waals surface area contributed by atoms with Gasteiger partial charge in [-0.05, 0) is 48.4 Å². The third kappa shape index (κ3) is 5.46. The molecule has 0 atom stereocenters. The minimum atomic E-state index is -0.972. The molecule has 2 aliphatic heterocycles. The van der Waals surface area contributed by atoms with Crippen LogP contribution in [0.2, 0.25) is 0 Å². The molecule has 1 aromatic rings. The van der Waals surface area contributed by atoms with E-state index < -0.39 is 46.9 Å². The van der Waals surface area contributed by atoms with Crippen molar-refractivity contribution in [3.63, 3.8) is 0 Å². The average Bonchev–Trinajstić information content (AvgIpc) is 3.18. The molecule has 9 nitrogen and oxygen atoms in total. The molecule has 2 fully saturated rings. The number of hydrogen-bond acceptors (Lipinski definition) is 6. The van der Waals surface area contributed by atoms with Crippen molar-refractivity contribution in [3.05, 3.63) is 40.6 Å². The van der Waals surface area contributed by atoms with Crippen LogP contribution < -0.4 is 10.6 Å². The van der Waals surface area contributed by atoms with Crippen LogP contribution >= 0.6 is 11.8 Å². The third-order valence-corrected chi connectivity index (χ3v) is 6.51. The molecule has 0 radical (unpaired) electrons. The van der Waals surface area contributed by atoms with Crippen LogP contribution in [0.4, 0.5) is 14.0 Å². The molecule has 1 aromatic carbocycles. The van der Waals surface area contributed by atoms with E-state index in [0.29, 0.717) is 31.2 Å². The number of nitrogens with one attached hydrogen (secondary N) is 2. The molecule has 2 aliphatic rings. The summed E-state index contributed by atoms with van der Waals surface area (Å²) in [5.41, 5.74) is -0.393. The minimum Gasteiger partial charge on any atom is -0.353 e. The number of imide groups is 2. The van der Waals surface area contributed by atoms with Gasteiger partial charge in [0.2, 0.25) is 5.91 Å². The highest BCUT2D eigenvalue weighted by Gasteiger charge is 2.50. The number of carbonyl (C=O) groups is 5. The fourth-order valence-corrected chi connectivity index (χ4v) is 4.91. The average molecular weight is 491 g/mol. The van der Waals surface area contributed by atoms with Crippen LogP contribution in [0.25, 0.3) is 6.08 Å². The SMILES string of the molecule is CCCC1(CCC)NC(=O)N(CC(=O)NCCN2C(=O)S/C(=C\c3ccc(F)cc3)C2=O)C1=O. The summed E-state index contributed by atoms with van der Waals surface area (Å²) in [6.45, 7) is 3.32. The number of hydrogen-bond donors (Lipinski definition) is 2. The van der Waals surface area contributed by atoms with Gasteiger partial charge < -0.3 is 10.6 Å². The summed E-state index contributed by atoms with van der Waals surface area (Å²) < 4.78 is 13.1. The number of halogens is 1. The highest BCUT2D eigenvalue weighted by atomic mass is 32.2. The summed E-state index contributed by atoms with van der Waals surface area (Å²) in [5.74, 6) is -1.89. The van der Waals surface area contributed by atoms with E-state index in [1.165, 1.54) is 30.3 Å². The topological polar surface area (TPSA) is 116 Å². The molecule has 0 spiro atoms. The highest BCUT2D eigenvalue weighted by Crippen LogP contribution is 2.32. The first kappa shape index (κ1) is 25.4. The first-order valence-corrected chi connectivity index (χ1v) is 11.9. The van der Waals surface area contributed by atoms with Gasteiger partial charge in [-0.25, -0.2) is 9.18 Å². The van der Waals surface area contributed by atoms with Crippen molar-refractivity contribution in [2.75, 3.05) is 19.6 Å². The van der Waals surface area contributed by atoms with Gasteiger partial charge in [-0.1, -0.05) is 38.8 Å². The second kappa shape index (κ2) is 10.8. The summed E-state index contributed by atoms with van der Waals surface area (Å²) in [7, 11) is 0. The van der Waals surface area contributed by atoms with Crippen molar-refractivity contribution in [1.82, 2.24) is 20.4 Å². The van der Waals surface area contributed by atoms with Crippen molar-refractivity contribution in [2.24, 2.45) is 0 Å². The normalized spacial score (nSPS) is 18.7. The molecule has 2 saturated heterocycles. The number of urea groups is 1. The zero-order valence-corrected chi connectivity index (χ0v) is 19.9. The van der Waals surface area contributed by atoms with Gasteiger partial charge in [-0.3, -0.25) is 29.0 Å². The van der Waals surface area contributed by atoms with E-state index in [0.717, 1.165) is 21.6 Å². The molecule has 2 heterocycles. The molecule has 2 N–H and O–H groups in total. The summed E-state index contributed by atoms with van der Waals surface area (Å²) in [4.78, 5) is 64.5. The second-order valence-electron chi connectivity index (χ2n) is 8.14. The first-order valence-electron chi connectivity index (χ1n) is 11.1. The van der Waals surface area contributed by atoms with Gasteiger partial charge in [0, 0.05) is 13.1 Å². The van der Waals surface area contributed by atoms with E-state index in [1.807, 2.05) is 13.8 Å². The molecule has 3 rings (SSSR count). The van der Waals surface area contributed by atoms with Gasteiger partial charge in [0.1, 0.15) is 17.9 Å². The molecule has 0 unspecified atom stereocenters. The number of carbonyl (C=O) groups excluding carboxylic acids is 5. The standard InChI is InChI=1S/C23H27FN4O5S/c1-3-9-23(10-4-2)20(31)28(21(32)26-23)14-18(29)25-11-12-27-19(30)17(34-22(27)33)13-15-5-7-16(24)8-6-15/h5-8,13H,3-4,9-12,14H2,1-2H3,(H,25,29)(H,26,32)/b17-13-. The number of benzene rings is 1. The number of rotatable bonds is 10. The predicted molar refractivity (Wildman–Crippen MR) is 125 cm³/mol. The zero-order chi connectivity index (χ0) is 24.9. The van der Waals surface area contributed by atoms with Crippen molar-refractivity contribution < 1.29 is 28.4 Å². The maximum atomic E-state index is 13.1. The van der Waals surface area contributed by atoms with E-state index in [9.17, 15) is 28.4 Å². The predicted octanol–water partition coefficient (Wildman–Crippen LogP) is 2.87. The Morgan fingerprint density at radius 1 is 1.09 bits per heavy atom. The number of thioether (sulfide) groups is 1. The minimum absolute atomic E-state index is 0.0284. The third-order valence-electron chi connectivity index (χ3n) is 5.60. The molecule has 182 valence electrons. The lowest BCUT2D eigenvalue weighted by atomic mass is 9.88. The molecule has 0 saturated carbocycles. The molecule has 34 heavy (non-hydrogen) atoms. The Hall–Kier alpha value is -3.21. The van der Waals surface area contributed by atoms with E-state index in [2.05, 4.69) is 10.6 Å². The van der Waals surface area contributed by atoms with Crippen LogP contribution in [-0.2, 0) is 14.4 Å². The van der Waals surface area contributed by atoms with Crippen molar-refractivity contribution in [3.8, 4) is 0 Å². The molecule has 0 aliphatic carbocycles. The maximum Gasteiger partial charge on any atom is 0.325 e. The fraction of sp³-hybridized carbons (Fsp3) is 0.435. The molecule has 11 heteroatoms. The molecule has 0 aromatic heterocycles. The van der Waals surface area contributed by atoms with Crippen LogP contribution in [-0.4, -0.2) is 64.0 Å². The number of nitrogens with zero attached hydrogens (tertiary/aromatic N) is 2. The fourth-order valence-electron chi connectivity index (χ4n) is 4.05. The van der Waals surface area contributed by atoms with E-state index in [1.54, 1.807) is 0 Å². The molecule has 6 amide bonds. The Balaban J connectivity index is 1.53. The van der Waals surface area contributed by atoms with Crippen LogP contribution in [0.5, 0.6) is 0 Å². The van der Waals surface area contributed by atoms with Crippen LogP contribution in [0.15, 0.2) is 29.2 Å². The lowest BCUT2D eigenvalue weighted by Gasteiger charge is -2.25. The van der Waals surface area contributed by atoms with E-state index in [4.69, 9.17) is 0 Å². The van der Waals surface area contributed by atoms with Gasteiger partial charge in [0.15, 0.2) is 0 Å². The summed E-state index contributed by atoms with van der Waals surface area (Å²) in [6, 6.07) is 4.90. The zero-order valence-electron chi connectivity index (χ0n) is 19.1. The second-order valence-corrected chi connectivity index (χ2v) is 9.13. The Morgan fingerprint density at radius 2 is 1.74 bits per heavy atom. The van der Waals surface area contributed by atoms with Gasteiger partial charge in [-0.15, -0.1) is 0 Å². The maximum absolute atomic E-state index is 13.1. The van der Waals surface area contributed by atoms with E-state index in [-0.39, 0.29) is 18.0 Å². The molecular formula is C23H27FN4O5S. The Labute approximate surface area is 201 Å². The van der Waals surface area contributed by atoms with Crippen molar-refractivity contribution >= 4 is 46.8 Å². The van der Waals surface area contributed by atoms with Crippen LogP contribution in [0.1, 0.15) is 45.1 Å². The quantitative estimate of drug-likeness (QED) is 0.385. The van der Waals surface area contributed by atoms with Crippen LogP contribution in [0.3, 0.4) is 0 Å².